The van der Waals surface area contributed by atoms with Crippen molar-refractivity contribution in [2.45, 2.75) is 25.9 Å². The van der Waals surface area contributed by atoms with Gasteiger partial charge in [-0.2, -0.15) is 0 Å². The van der Waals surface area contributed by atoms with Crippen molar-refractivity contribution in [1.82, 2.24) is 15.1 Å². The lowest BCUT2D eigenvalue weighted by atomic mass is 10.1. The predicted octanol–water partition coefficient (Wildman–Crippen LogP) is 2.69. The van der Waals surface area contributed by atoms with Gasteiger partial charge >= 0.3 is 0 Å². The summed E-state index contributed by atoms with van der Waals surface area (Å²) in [6, 6.07) is 16.8. The van der Waals surface area contributed by atoms with Crippen molar-refractivity contribution in [3.05, 3.63) is 71.5 Å². The van der Waals surface area contributed by atoms with Crippen LogP contribution in [0.2, 0.25) is 0 Å². The van der Waals surface area contributed by atoms with E-state index in [4.69, 9.17) is 0 Å². The second kappa shape index (κ2) is 9.62. The highest BCUT2D eigenvalue weighted by molar-refractivity contribution is 5.81. The van der Waals surface area contributed by atoms with Gasteiger partial charge in [0.1, 0.15) is 5.82 Å². The van der Waals surface area contributed by atoms with Gasteiger partial charge in [-0.15, -0.1) is 0 Å². The van der Waals surface area contributed by atoms with Gasteiger partial charge in [-0.25, -0.2) is 4.39 Å². The van der Waals surface area contributed by atoms with Crippen LogP contribution in [0.25, 0.3) is 0 Å². The lowest BCUT2D eigenvalue weighted by Gasteiger charge is -2.37. The summed E-state index contributed by atoms with van der Waals surface area (Å²) in [6.45, 7) is 7.26. The fraction of sp³-hybridized carbons (Fsp3) is 0.409. The van der Waals surface area contributed by atoms with Crippen molar-refractivity contribution in [2.24, 2.45) is 0 Å². The first-order valence-corrected chi connectivity index (χ1v) is 9.64. The number of amides is 1. The molecule has 0 aromatic heterocycles. The molecule has 0 spiro atoms. The topological polar surface area (TPSA) is 35.6 Å². The molecule has 1 heterocycles. The molecule has 1 aliphatic rings. The molecule has 3 rings (SSSR count). The maximum absolute atomic E-state index is 12.9. The van der Waals surface area contributed by atoms with E-state index in [9.17, 15) is 9.18 Å². The van der Waals surface area contributed by atoms with Crippen LogP contribution in [0.3, 0.4) is 0 Å². The molecular formula is C22H28FN3O. The highest BCUT2D eigenvalue weighted by atomic mass is 19.1. The number of hydrogen-bond acceptors (Lipinski definition) is 3. The Morgan fingerprint density at radius 1 is 1.00 bits per heavy atom. The molecule has 1 atom stereocenters. The number of nitrogens with zero attached hydrogens (tertiary/aromatic N) is 2. The van der Waals surface area contributed by atoms with Crippen molar-refractivity contribution in [1.29, 1.82) is 0 Å². The normalized spacial score (nSPS) is 16.8. The molecule has 0 aliphatic carbocycles. The lowest BCUT2D eigenvalue weighted by Crippen LogP contribution is -2.53. The van der Waals surface area contributed by atoms with E-state index in [-0.39, 0.29) is 17.8 Å². The fourth-order valence-electron chi connectivity index (χ4n) is 3.45. The van der Waals surface area contributed by atoms with Crippen LogP contribution in [0, 0.1) is 5.82 Å². The third-order valence-corrected chi connectivity index (χ3v) is 5.21. The van der Waals surface area contributed by atoms with Gasteiger partial charge in [0, 0.05) is 39.3 Å². The van der Waals surface area contributed by atoms with Gasteiger partial charge in [0.05, 0.1) is 6.04 Å². The molecule has 2 aromatic carbocycles. The highest BCUT2D eigenvalue weighted by Crippen LogP contribution is 2.11. The van der Waals surface area contributed by atoms with Gasteiger partial charge < -0.3 is 5.32 Å². The number of halogens is 1. The molecule has 2 aromatic rings. The van der Waals surface area contributed by atoms with E-state index >= 15 is 0 Å². The molecule has 1 aliphatic heterocycles. The highest BCUT2D eigenvalue weighted by Gasteiger charge is 2.25. The zero-order valence-electron chi connectivity index (χ0n) is 15.9. The van der Waals surface area contributed by atoms with Crippen LogP contribution in [-0.4, -0.2) is 54.5 Å². The van der Waals surface area contributed by atoms with E-state index in [1.54, 1.807) is 12.1 Å². The van der Waals surface area contributed by atoms with E-state index in [0.717, 1.165) is 38.3 Å². The third-order valence-electron chi connectivity index (χ3n) is 5.21. The molecule has 4 nitrogen and oxygen atoms in total. The van der Waals surface area contributed by atoms with E-state index < -0.39 is 0 Å². The summed E-state index contributed by atoms with van der Waals surface area (Å²) < 4.78 is 12.9. The van der Waals surface area contributed by atoms with Gasteiger partial charge in [0.15, 0.2) is 0 Å². The minimum atomic E-state index is -0.234. The monoisotopic (exact) mass is 369 g/mol. The Hall–Kier alpha value is -2.24. The summed E-state index contributed by atoms with van der Waals surface area (Å²) >= 11 is 0. The van der Waals surface area contributed by atoms with Crippen LogP contribution in [0.1, 0.15) is 18.1 Å². The number of carbonyl (C=O) groups excluding carboxylic acids is 1. The SMILES string of the molecule is C[C@@H](C(=O)NCCc1ccc(F)cc1)N1CCN(Cc2ccccc2)CC1. The summed E-state index contributed by atoms with van der Waals surface area (Å²) in [5, 5.41) is 3.01. The fourth-order valence-corrected chi connectivity index (χ4v) is 3.45. The number of hydrogen-bond donors (Lipinski definition) is 1. The average Bonchev–Trinajstić information content (AvgIpc) is 2.70. The van der Waals surface area contributed by atoms with Crippen LogP contribution in [-0.2, 0) is 17.8 Å². The smallest absolute Gasteiger partial charge is 0.237 e. The Labute approximate surface area is 161 Å². The molecule has 1 N–H and O–H groups in total. The number of piperazine rings is 1. The molecule has 144 valence electrons. The Kier molecular flexibility index (Phi) is 6.96. The number of nitrogens with one attached hydrogen (secondary N) is 1. The van der Waals surface area contributed by atoms with Crippen molar-refractivity contribution in [3.63, 3.8) is 0 Å². The Balaban J connectivity index is 1.38. The van der Waals surface area contributed by atoms with Crippen LogP contribution in [0.15, 0.2) is 54.6 Å². The largest absolute Gasteiger partial charge is 0.354 e. The Morgan fingerprint density at radius 2 is 1.67 bits per heavy atom. The number of benzene rings is 2. The molecule has 0 saturated carbocycles. The summed E-state index contributed by atoms with van der Waals surface area (Å²) in [7, 11) is 0. The zero-order chi connectivity index (χ0) is 19.1. The molecule has 5 heteroatoms. The average molecular weight is 369 g/mol. The summed E-state index contributed by atoms with van der Waals surface area (Å²) in [6.07, 6.45) is 0.712. The molecule has 1 saturated heterocycles. The maximum Gasteiger partial charge on any atom is 0.237 e. The Morgan fingerprint density at radius 3 is 2.33 bits per heavy atom. The van der Waals surface area contributed by atoms with Gasteiger partial charge in [-0.3, -0.25) is 14.6 Å². The van der Waals surface area contributed by atoms with Gasteiger partial charge in [-0.1, -0.05) is 42.5 Å². The molecule has 0 bridgehead atoms. The lowest BCUT2D eigenvalue weighted by molar-refractivity contribution is -0.126. The minimum Gasteiger partial charge on any atom is -0.354 e. The quantitative estimate of drug-likeness (QED) is 0.815. The first-order chi connectivity index (χ1) is 13.1. The second-order valence-electron chi connectivity index (χ2n) is 7.14. The standard InChI is InChI=1S/C22H28FN3O/c1-18(22(27)24-12-11-19-7-9-21(23)10-8-19)26-15-13-25(14-16-26)17-20-5-3-2-4-6-20/h2-10,18H,11-17H2,1H3,(H,24,27)/t18-/m0/s1. The minimum absolute atomic E-state index is 0.0635. The van der Waals surface area contributed by atoms with Crippen molar-refractivity contribution < 1.29 is 9.18 Å². The number of rotatable bonds is 7. The molecule has 1 fully saturated rings. The van der Waals surface area contributed by atoms with Gasteiger partial charge in [0.25, 0.3) is 0 Å². The third kappa shape index (κ3) is 5.88. The zero-order valence-corrected chi connectivity index (χ0v) is 15.9. The molecule has 1 amide bonds. The molecule has 27 heavy (non-hydrogen) atoms. The summed E-state index contributed by atoms with van der Waals surface area (Å²) in [5.41, 5.74) is 2.36. The molecular weight excluding hydrogens is 341 g/mol. The van der Waals surface area contributed by atoms with Crippen LogP contribution in [0.4, 0.5) is 4.39 Å². The van der Waals surface area contributed by atoms with Gasteiger partial charge in [-0.05, 0) is 36.6 Å². The first-order valence-electron chi connectivity index (χ1n) is 9.64. The van der Waals surface area contributed by atoms with Crippen molar-refractivity contribution in [3.8, 4) is 0 Å². The maximum atomic E-state index is 12.9. The van der Waals surface area contributed by atoms with Crippen molar-refractivity contribution >= 4 is 5.91 Å². The first kappa shape index (κ1) is 19.5. The van der Waals surface area contributed by atoms with Crippen molar-refractivity contribution in [2.75, 3.05) is 32.7 Å². The predicted molar refractivity (Wildman–Crippen MR) is 106 cm³/mol. The van der Waals surface area contributed by atoms with E-state index in [2.05, 4.69) is 39.4 Å². The van der Waals surface area contributed by atoms with Crippen LogP contribution < -0.4 is 5.32 Å². The summed E-state index contributed by atoms with van der Waals surface area (Å²) in [5.74, 6) is -0.170. The van der Waals surface area contributed by atoms with E-state index in [0.29, 0.717) is 13.0 Å². The second-order valence-corrected chi connectivity index (χ2v) is 7.14. The molecule has 0 unspecified atom stereocenters. The molecule has 0 radical (unpaired) electrons. The van der Waals surface area contributed by atoms with E-state index in [1.807, 2.05) is 13.0 Å². The number of carbonyl (C=O) groups is 1. The van der Waals surface area contributed by atoms with Gasteiger partial charge in [0.2, 0.25) is 5.91 Å². The Bertz CT molecular complexity index is 712. The van der Waals surface area contributed by atoms with E-state index in [1.165, 1.54) is 17.7 Å². The summed E-state index contributed by atoms with van der Waals surface area (Å²) in [4.78, 5) is 17.1. The van der Waals surface area contributed by atoms with Crippen LogP contribution >= 0.6 is 0 Å². The van der Waals surface area contributed by atoms with Crippen LogP contribution in [0.5, 0.6) is 0 Å².